The average molecular weight is 245 g/mol. The van der Waals surface area contributed by atoms with Gasteiger partial charge in [0.25, 0.3) is 0 Å². The second kappa shape index (κ2) is 4.04. The van der Waals surface area contributed by atoms with E-state index in [-0.39, 0.29) is 0 Å². The molecule has 1 aromatic carbocycles. The van der Waals surface area contributed by atoms with Gasteiger partial charge in [0.1, 0.15) is 0 Å². The van der Waals surface area contributed by atoms with Crippen LogP contribution in [0.1, 0.15) is 23.6 Å². The number of aromatic nitrogens is 2. The van der Waals surface area contributed by atoms with E-state index in [1.54, 1.807) is 0 Å². The molecular weight excluding hydrogens is 230 g/mol. The van der Waals surface area contributed by atoms with Crippen LogP contribution >= 0.6 is 12.2 Å². The fraction of sp³-hybridized carbons (Fsp3) is 0.308. The Labute approximate surface area is 105 Å². The number of rotatable bonds is 1. The summed E-state index contributed by atoms with van der Waals surface area (Å²) in [5.74, 6) is 5.73. The molecule has 1 atom stereocenters. The molecule has 4 heteroatoms. The number of fused-ring (bicyclic) bond motifs is 1. The standard InChI is InChI=1S/C13H15N3S/c14-16-8-7-15(13(16)17)12-6-5-10-3-1-2-4-11(10)9-12/h1-4,7-8,12H,5-6,9,14H2/t12-/m0/s1. The van der Waals surface area contributed by atoms with Crippen LogP contribution in [0, 0.1) is 4.77 Å². The zero-order valence-corrected chi connectivity index (χ0v) is 10.4. The maximum absolute atomic E-state index is 5.73. The molecule has 0 amide bonds. The zero-order chi connectivity index (χ0) is 11.8. The van der Waals surface area contributed by atoms with Crippen molar-refractivity contribution in [1.29, 1.82) is 0 Å². The topological polar surface area (TPSA) is 35.9 Å². The summed E-state index contributed by atoms with van der Waals surface area (Å²) in [5.41, 5.74) is 2.91. The minimum Gasteiger partial charge on any atom is -0.337 e. The van der Waals surface area contributed by atoms with Crippen molar-refractivity contribution in [3.05, 3.63) is 52.6 Å². The van der Waals surface area contributed by atoms with Crippen LogP contribution in [-0.4, -0.2) is 9.24 Å². The number of benzene rings is 1. The largest absolute Gasteiger partial charge is 0.337 e. The van der Waals surface area contributed by atoms with Gasteiger partial charge in [0.2, 0.25) is 0 Å². The van der Waals surface area contributed by atoms with Crippen molar-refractivity contribution in [2.75, 3.05) is 5.84 Å². The van der Waals surface area contributed by atoms with E-state index < -0.39 is 0 Å². The number of nitrogens with zero attached hydrogens (tertiary/aromatic N) is 2. The molecule has 0 spiro atoms. The Balaban J connectivity index is 1.94. The van der Waals surface area contributed by atoms with Crippen LogP contribution < -0.4 is 5.84 Å². The Kier molecular flexibility index (Phi) is 2.52. The van der Waals surface area contributed by atoms with Crippen LogP contribution in [0.25, 0.3) is 0 Å². The van der Waals surface area contributed by atoms with E-state index in [0.29, 0.717) is 10.8 Å². The number of hydrogen-bond donors (Lipinski definition) is 1. The van der Waals surface area contributed by atoms with Gasteiger partial charge in [-0.15, -0.1) is 0 Å². The molecule has 0 radical (unpaired) electrons. The second-order valence-electron chi connectivity index (χ2n) is 4.56. The molecule has 2 N–H and O–H groups in total. The fourth-order valence-corrected chi connectivity index (χ4v) is 2.87. The summed E-state index contributed by atoms with van der Waals surface area (Å²) in [6.07, 6.45) is 7.12. The first-order valence-electron chi connectivity index (χ1n) is 5.87. The van der Waals surface area contributed by atoms with Gasteiger partial charge < -0.3 is 10.4 Å². The Hall–Kier alpha value is -1.55. The lowest BCUT2D eigenvalue weighted by Gasteiger charge is -2.25. The molecule has 17 heavy (non-hydrogen) atoms. The first-order chi connectivity index (χ1) is 8.25. The monoisotopic (exact) mass is 245 g/mol. The summed E-state index contributed by atoms with van der Waals surface area (Å²) in [5, 5.41) is 0. The number of nitrogen functional groups attached to an aromatic ring is 1. The Bertz CT molecular complexity index is 597. The van der Waals surface area contributed by atoms with Gasteiger partial charge in [-0.3, -0.25) is 0 Å². The smallest absolute Gasteiger partial charge is 0.198 e. The quantitative estimate of drug-likeness (QED) is 0.619. The normalized spacial score (nSPS) is 18.9. The van der Waals surface area contributed by atoms with Crippen LogP contribution in [0.2, 0.25) is 0 Å². The summed E-state index contributed by atoms with van der Waals surface area (Å²) in [6.45, 7) is 0. The molecule has 0 bridgehead atoms. The lowest BCUT2D eigenvalue weighted by Crippen LogP contribution is -2.19. The van der Waals surface area contributed by atoms with E-state index in [4.69, 9.17) is 18.1 Å². The van der Waals surface area contributed by atoms with Crippen molar-refractivity contribution in [2.45, 2.75) is 25.3 Å². The van der Waals surface area contributed by atoms with E-state index in [1.807, 2.05) is 12.4 Å². The zero-order valence-electron chi connectivity index (χ0n) is 9.54. The molecule has 0 fully saturated rings. The molecule has 3 rings (SSSR count). The molecule has 3 nitrogen and oxygen atoms in total. The van der Waals surface area contributed by atoms with Gasteiger partial charge in [-0.2, -0.15) is 0 Å². The third-order valence-electron chi connectivity index (χ3n) is 3.54. The summed E-state index contributed by atoms with van der Waals surface area (Å²) in [4.78, 5) is 0. The summed E-state index contributed by atoms with van der Waals surface area (Å²) in [6, 6.07) is 9.10. The van der Waals surface area contributed by atoms with Crippen LogP contribution in [-0.2, 0) is 12.8 Å². The van der Waals surface area contributed by atoms with Crippen LogP contribution in [0.4, 0.5) is 0 Å². The molecule has 1 heterocycles. The maximum Gasteiger partial charge on any atom is 0.198 e. The minimum atomic E-state index is 0.446. The van der Waals surface area contributed by atoms with Gasteiger partial charge in [0.15, 0.2) is 4.77 Å². The molecule has 0 aliphatic heterocycles. The van der Waals surface area contributed by atoms with Crippen LogP contribution in [0.15, 0.2) is 36.7 Å². The number of nitrogens with two attached hydrogens (primary N) is 1. The van der Waals surface area contributed by atoms with Crippen LogP contribution in [0.5, 0.6) is 0 Å². The highest BCUT2D eigenvalue weighted by Gasteiger charge is 2.20. The summed E-state index contributed by atoms with van der Waals surface area (Å²) < 4.78 is 4.33. The van der Waals surface area contributed by atoms with Gasteiger partial charge >= 0.3 is 0 Å². The summed E-state index contributed by atoms with van der Waals surface area (Å²) in [7, 11) is 0. The van der Waals surface area contributed by atoms with E-state index in [2.05, 4.69) is 28.8 Å². The van der Waals surface area contributed by atoms with E-state index in [1.165, 1.54) is 15.8 Å². The van der Waals surface area contributed by atoms with Crippen molar-refractivity contribution in [3.8, 4) is 0 Å². The molecule has 1 aliphatic rings. The van der Waals surface area contributed by atoms with Gasteiger partial charge in [-0.1, -0.05) is 24.3 Å². The van der Waals surface area contributed by atoms with E-state index in [9.17, 15) is 0 Å². The van der Waals surface area contributed by atoms with Crippen molar-refractivity contribution >= 4 is 12.2 Å². The minimum absolute atomic E-state index is 0.446. The van der Waals surface area contributed by atoms with Gasteiger partial charge in [-0.05, 0) is 42.6 Å². The van der Waals surface area contributed by atoms with Crippen molar-refractivity contribution in [2.24, 2.45) is 0 Å². The first-order valence-corrected chi connectivity index (χ1v) is 6.28. The Morgan fingerprint density at radius 2 is 1.94 bits per heavy atom. The molecular formula is C13H15N3S. The van der Waals surface area contributed by atoms with Crippen molar-refractivity contribution in [1.82, 2.24) is 9.24 Å². The predicted octanol–water partition coefficient (Wildman–Crippen LogP) is 2.46. The number of aryl methyl sites for hydroxylation is 1. The first kappa shape index (κ1) is 10.6. The average Bonchev–Trinajstić information content (AvgIpc) is 2.70. The SMILES string of the molecule is Nn1ccn([C@H]2CCc3ccccc3C2)c1=S. The van der Waals surface area contributed by atoms with Crippen molar-refractivity contribution < 1.29 is 0 Å². The van der Waals surface area contributed by atoms with Gasteiger partial charge in [-0.25, -0.2) is 4.68 Å². The molecule has 0 unspecified atom stereocenters. The van der Waals surface area contributed by atoms with Gasteiger partial charge in [0.05, 0.1) is 0 Å². The lowest BCUT2D eigenvalue weighted by molar-refractivity contribution is 0.436. The number of hydrogen-bond acceptors (Lipinski definition) is 2. The highest BCUT2D eigenvalue weighted by atomic mass is 32.1. The molecule has 1 aliphatic carbocycles. The molecule has 1 aromatic heterocycles. The molecule has 2 aromatic rings. The highest BCUT2D eigenvalue weighted by Crippen LogP contribution is 2.28. The van der Waals surface area contributed by atoms with E-state index >= 15 is 0 Å². The molecule has 88 valence electrons. The Morgan fingerprint density at radius 1 is 1.18 bits per heavy atom. The van der Waals surface area contributed by atoms with Gasteiger partial charge in [0, 0.05) is 18.4 Å². The summed E-state index contributed by atoms with van der Waals surface area (Å²) >= 11 is 5.31. The molecule has 0 saturated heterocycles. The van der Waals surface area contributed by atoms with E-state index in [0.717, 1.165) is 19.3 Å². The third-order valence-corrected chi connectivity index (χ3v) is 3.97. The third kappa shape index (κ3) is 1.78. The predicted molar refractivity (Wildman–Crippen MR) is 70.9 cm³/mol. The number of imidazole rings is 1. The fourth-order valence-electron chi connectivity index (χ4n) is 2.60. The second-order valence-corrected chi connectivity index (χ2v) is 4.93. The van der Waals surface area contributed by atoms with Crippen molar-refractivity contribution in [3.63, 3.8) is 0 Å². The Morgan fingerprint density at radius 3 is 2.65 bits per heavy atom. The maximum atomic E-state index is 5.73. The lowest BCUT2D eigenvalue weighted by atomic mass is 9.88. The van der Waals surface area contributed by atoms with Crippen LogP contribution in [0.3, 0.4) is 0 Å². The highest BCUT2D eigenvalue weighted by molar-refractivity contribution is 7.71. The molecule has 0 saturated carbocycles.